The number of nitrogens with zero attached hydrogens (tertiary/aromatic N) is 1. The Morgan fingerprint density at radius 2 is 0.947 bits per heavy atom. The molecule has 0 unspecified atom stereocenters. The van der Waals surface area contributed by atoms with Crippen LogP contribution in [0, 0.1) is 0 Å². The average molecular weight is 744 g/mol. The van der Waals surface area contributed by atoms with E-state index in [0.717, 1.165) is 16.1 Å². The van der Waals surface area contributed by atoms with Crippen molar-refractivity contribution in [1.82, 2.24) is 4.57 Å². The van der Waals surface area contributed by atoms with Crippen LogP contribution in [0.25, 0.3) is 83.1 Å². The quantitative estimate of drug-likeness (QED) is 0.165. The molecule has 0 atom stereocenters. The monoisotopic (exact) mass is 743 g/mol. The van der Waals surface area contributed by atoms with Crippen LogP contribution in [-0.2, 0) is 5.41 Å². The van der Waals surface area contributed by atoms with E-state index in [1.165, 1.54) is 94.3 Å². The molecular weight excluding hydrogens is 710 g/mol. The van der Waals surface area contributed by atoms with Gasteiger partial charge in [-0.1, -0.05) is 181 Å². The fourth-order valence-corrected chi connectivity index (χ4v) is 10.4. The van der Waals surface area contributed by atoms with Crippen LogP contribution in [0.15, 0.2) is 206 Å². The zero-order valence-corrected chi connectivity index (χ0v) is 31.7. The number of hydrogen-bond donors (Lipinski definition) is 0. The molecule has 57 heavy (non-hydrogen) atoms. The molecule has 0 fully saturated rings. The lowest BCUT2D eigenvalue weighted by Gasteiger charge is -2.35. The highest BCUT2D eigenvalue weighted by Crippen LogP contribution is 2.64. The van der Waals surface area contributed by atoms with E-state index in [9.17, 15) is 0 Å². The first-order chi connectivity index (χ1) is 28.2. The van der Waals surface area contributed by atoms with Crippen molar-refractivity contribution in [2.75, 3.05) is 0 Å². The van der Waals surface area contributed by atoms with Crippen molar-refractivity contribution in [2.45, 2.75) is 5.41 Å². The largest absolute Gasteiger partial charge is 0.308 e. The number of rotatable bonds is 5. The number of hydrogen-bond acceptors (Lipinski definition) is 0. The molecule has 266 valence electrons. The fraction of sp³-hybridized carbons (Fsp3) is 0.0182. The second-order valence-electron chi connectivity index (χ2n) is 15.3. The van der Waals surface area contributed by atoms with E-state index in [-0.39, 0.29) is 0 Å². The lowest BCUT2D eigenvalue weighted by atomic mass is 9.66. The van der Waals surface area contributed by atoms with E-state index >= 15 is 0 Å². The molecule has 1 nitrogen and oxygen atoms in total. The van der Waals surface area contributed by atoms with Gasteiger partial charge in [0.15, 0.2) is 0 Å². The highest BCUT2D eigenvalue weighted by molar-refractivity contribution is 6.34. The lowest BCUT2D eigenvalue weighted by Crippen LogP contribution is -2.29. The minimum absolute atomic E-state index is 0.686. The van der Waals surface area contributed by atoms with Gasteiger partial charge in [0.05, 0.1) is 22.1 Å². The summed E-state index contributed by atoms with van der Waals surface area (Å²) >= 11 is 7.26. The van der Waals surface area contributed by atoms with Crippen LogP contribution in [0.5, 0.6) is 0 Å². The standard InChI is InChI=1S/C55H34ClN/c56-48-29-10-7-24-41(48)45-34-47-53-52-43(42-25-8-11-30-49(42)57-50-31-12-9-26-44(50)51(45)54(53)57)27-15-28-46(52)55(47,39-22-13-20-37(32-39)35-16-3-1-4-17-35)40-23-14-21-38(33-40)36-18-5-2-6-19-36/h1-34H. The third kappa shape index (κ3) is 4.46. The summed E-state index contributed by atoms with van der Waals surface area (Å²) in [6, 6.07) is 75.8. The third-order valence-electron chi connectivity index (χ3n) is 12.5. The van der Waals surface area contributed by atoms with Crippen molar-refractivity contribution in [3.05, 3.63) is 234 Å². The molecule has 12 rings (SSSR count). The van der Waals surface area contributed by atoms with Crippen molar-refractivity contribution in [3.8, 4) is 61.3 Å². The van der Waals surface area contributed by atoms with Crippen LogP contribution in [0.3, 0.4) is 0 Å². The van der Waals surface area contributed by atoms with Gasteiger partial charge in [-0.3, -0.25) is 0 Å². The maximum atomic E-state index is 7.26. The second kappa shape index (κ2) is 12.3. The first-order valence-corrected chi connectivity index (χ1v) is 20.0. The van der Waals surface area contributed by atoms with Gasteiger partial charge in [0.1, 0.15) is 0 Å². The van der Waals surface area contributed by atoms with Gasteiger partial charge in [0.2, 0.25) is 0 Å². The molecule has 2 heterocycles. The van der Waals surface area contributed by atoms with Gasteiger partial charge in [-0.05, 0) is 97.6 Å². The van der Waals surface area contributed by atoms with Crippen LogP contribution >= 0.6 is 11.6 Å². The number of halogens is 1. The average Bonchev–Trinajstić information content (AvgIpc) is 3.74. The third-order valence-corrected chi connectivity index (χ3v) is 12.8. The molecule has 0 saturated heterocycles. The van der Waals surface area contributed by atoms with E-state index in [0.29, 0.717) is 0 Å². The first-order valence-electron chi connectivity index (χ1n) is 19.6. The van der Waals surface area contributed by atoms with E-state index in [4.69, 9.17) is 11.6 Å². The van der Waals surface area contributed by atoms with Crippen LogP contribution in [0.1, 0.15) is 22.3 Å². The highest BCUT2D eigenvalue weighted by Gasteiger charge is 2.50. The summed E-state index contributed by atoms with van der Waals surface area (Å²) < 4.78 is 2.54. The molecule has 9 aromatic carbocycles. The Hall–Kier alpha value is -6.93. The maximum Gasteiger partial charge on any atom is 0.0715 e. The highest BCUT2D eigenvalue weighted by atomic mass is 35.5. The van der Waals surface area contributed by atoms with Crippen molar-refractivity contribution in [2.24, 2.45) is 0 Å². The predicted molar refractivity (Wildman–Crippen MR) is 238 cm³/mol. The van der Waals surface area contributed by atoms with Gasteiger partial charge in [0.25, 0.3) is 0 Å². The molecule has 0 amide bonds. The van der Waals surface area contributed by atoms with Gasteiger partial charge in [-0.25, -0.2) is 0 Å². The van der Waals surface area contributed by atoms with Crippen LogP contribution in [-0.4, -0.2) is 4.57 Å². The number of benzene rings is 9. The Morgan fingerprint density at radius 3 is 1.65 bits per heavy atom. The van der Waals surface area contributed by atoms with Crippen LogP contribution in [0.4, 0.5) is 0 Å². The van der Waals surface area contributed by atoms with Gasteiger partial charge < -0.3 is 4.57 Å². The van der Waals surface area contributed by atoms with Crippen molar-refractivity contribution in [1.29, 1.82) is 0 Å². The van der Waals surface area contributed by atoms with Crippen molar-refractivity contribution >= 4 is 33.4 Å². The van der Waals surface area contributed by atoms with E-state index < -0.39 is 5.41 Å². The number of para-hydroxylation sites is 2. The molecule has 2 heteroatoms. The molecule has 2 aliphatic rings. The summed E-state index contributed by atoms with van der Waals surface area (Å²) in [5.41, 5.74) is 19.9. The Bertz CT molecular complexity index is 3160. The Kier molecular flexibility index (Phi) is 6.97. The summed E-state index contributed by atoms with van der Waals surface area (Å²) in [7, 11) is 0. The fourth-order valence-electron chi connectivity index (χ4n) is 10.2. The molecule has 0 spiro atoms. The van der Waals surface area contributed by atoms with Crippen molar-refractivity contribution in [3.63, 3.8) is 0 Å². The Balaban J connectivity index is 1.33. The van der Waals surface area contributed by atoms with Crippen LogP contribution in [0.2, 0.25) is 5.02 Å². The minimum Gasteiger partial charge on any atom is -0.308 e. The topological polar surface area (TPSA) is 4.93 Å². The molecule has 1 aliphatic carbocycles. The van der Waals surface area contributed by atoms with E-state index in [1.807, 2.05) is 12.1 Å². The zero-order chi connectivity index (χ0) is 37.7. The van der Waals surface area contributed by atoms with Gasteiger partial charge in [-0.2, -0.15) is 0 Å². The summed E-state index contributed by atoms with van der Waals surface area (Å²) in [5, 5.41) is 3.18. The molecule has 1 aliphatic heterocycles. The summed E-state index contributed by atoms with van der Waals surface area (Å²) in [5.74, 6) is 0. The van der Waals surface area contributed by atoms with E-state index in [2.05, 4.69) is 199 Å². The summed E-state index contributed by atoms with van der Waals surface area (Å²) in [6.07, 6.45) is 0. The molecule has 0 radical (unpaired) electrons. The Labute approximate surface area is 336 Å². The van der Waals surface area contributed by atoms with Gasteiger partial charge in [-0.15, -0.1) is 0 Å². The molecule has 10 aromatic rings. The number of aromatic nitrogens is 1. The summed E-state index contributed by atoms with van der Waals surface area (Å²) in [6.45, 7) is 0. The molecule has 0 N–H and O–H groups in total. The summed E-state index contributed by atoms with van der Waals surface area (Å²) in [4.78, 5) is 0. The normalized spacial score (nSPS) is 13.1. The molecule has 0 saturated carbocycles. The smallest absolute Gasteiger partial charge is 0.0715 e. The molecule has 0 bridgehead atoms. The minimum atomic E-state index is -0.686. The van der Waals surface area contributed by atoms with Gasteiger partial charge in [0, 0.05) is 32.5 Å². The zero-order valence-electron chi connectivity index (χ0n) is 31.0. The number of fused-ring (bicyclic) bond motifs is 6. The van der Waals surface area contributed by atoms with Gasteiger partial charge >= 0.3 is 0 Å². The lowest BCUT2D eigenvalue weighted by molar-refractivity contribution is 0.770. The first kappa shape index (κ1) is 32.3. The van der Waals surface area contributed by atoms with Crippen LogP contribution < -0.4 is 0 Å². The van der Waals surface area contributed by atoms with E-state index in [1.54, 1.807) is 0 Å². The second-order valence-corrected chi connectivity index (χ2v) is 15.7. The predicted octanol–water partition coefficient (Wildman–Crippen LogP) is 14.8. The Morgan fingerprint density at radius 1 is 0.386 bits per heavy atom. The molecule has 1 aromatic heterocycles. The SMILES string of the molecule is Clc1ccccc1-c1cc2c3c4c1c1ccccc1n4-c1ccccc1-c1cccc(c1-3)C2(c1cccc(-c2ccccc2)c1)c1cccc(-c2ccccc2)c1. The molecular formula is C55H34ClN. The maximum absolute atomic E-state index is 7.26. The van der Waals surface area contributed by atoms with Crippen molar-refractivity contribution < 1.29 is 0 Å².